The zero-order chi connectivity index (χ0) is 13.5. The molecule has 0 amide bonds. The zero-order valence-corrected chi connectivity index (χ0v) is 11.9. The highest BCUT2D eigenvalue weighted by molar-refractivity contribution is 5.27. The van der Waals surface area contributed by atoms with E-state index in [1.54, 1.807) is 12.3 Å². The van der Waals surface area contributed by atoms with Crippen LogP contribution in [0.3, 0.4) is 0 Å². The van der Waals surface area contributed by atoms with E-state index in [1.165, 1.54) is 25.9 Å². The van der Waals surface area contributed by atoms with E-state index in [0.717, 1.165) is 19.0 Å². The lowest BCUT2D eigenvalue weighted by Crippen LogP contribution is -2.36. The average molecular weight is 264 g/mol. The zero-order valence-electron chi connectivity index (χ0n) is 11.9. The molecule has 0 aliphatic carbocycles. The number of nitrogens with zero attached hydrogens (tertiary/aromatic N) is 3. The van der Waals surface area contributed by atoms with Crippen molar-refractivity contribution in [1.82, 2.24) is 14.9 Å². The third kappa shape index (κ3) is 4.67. The molecule has 1 aliphatic rings. The Morgan fingerprint density at radius 1 is 1.42 bits per heavy atom. The van der Waals surface area contributed by atoms with E-state index >= 15 is 0 Å². The second-order valence-corrected chi connectivity index (χ2v) is 5.10. The number of hydrogen-bond donors (Lipinski definition) is 1. The number of aromatic nitrogens is 2. The van der Waals surface area contributed by atoms with Crippen LogP contribution in [-0.4, -0.2) is 47.7 Å². The van der Waals surface area contributed by atoms with Gasteiger partial charge in [-0.1, -0.05) is 6.92 Å². The van der Waals surface area contributed by atoms with Gasteiger partial charge in [0.15, 0.2) is 0 Å². The van der Waals surface area contributed by atoms with Gasteiger partial charge in [-0.25, -0.2) is 4.98 Å². The summed E-state index contributed by atoms with van der Waals surface area (Å²) in [5.41, 5.74) is 0. The molecule has 106 valence electrons. The van der Waals surface area contributed by atoms with Gasteiger partial charge in [-0.05, 0) is 38.8 Å². The van der Waals surface area contributed by atoms with Crippen molar-refractivity contribution in [3.63, 3.8) is 0 Å². The van der Waals surface area contributed by atoms with Crippen LogP contribution in [0.2, 0.25) is 0 Å². The second-order valence-electron chi connectivity index (χ2n) is 5.10. The van der Waals surface area contributed by atoms with Gasteiger partial charge in [-0.15, -0.1) is 0 Å². The molecule has 1 aromatic heterocycles. The molecule has 2 heterocycles. The number of likely N-dealkylation sites (tertiary alicyclic amines) is 1. The first-order chi connectivity index (χ1) is 9.28. The van der Waals surface area contributed by atoms with Gasteiger partial charge in [0.2, 0.25) is 11.8 Å². The van der Waals surface area contributed by atoms with Crippen molar-refractivity contribution in [3.05, 3.63) is 12.3 Å². The highest BCUT2D eigenvalue weighted by atomic mass is 16.5. The van der Waals surface area contributed by atoms with E-state index in [9.17, 15) is 0 Å². The van der Waals surface area contributed by atoms with Gasteiger partial charge in [0, 0.05) is 25.4 Å². The van der Waals surface area contributed by atoms with Crippen LogP contribution >= 0.6 is 0 Å². The van der Waals surface area contributed by atoms with Crippen LogP contribution in [0.25, 0.3) is 0 Å². The van der Waals surface area contributed by atoms with Gasteiger partial charge in [0.1, 0.15) is 0 Å². The van der Waals surface area contributed by atoms with Crippen molar-refractivity contribution in [3.8, 4) is 5.88 Å². The van der Waals surface area contributed by atoms with Crippen LogP contribution in [0.15, 0.2) is 12.3 Å². The molecule has 2 rings (SSSR count). The Morgan fingerprint density at radius 2 is 2.21 bits per heavy atom. The smallest absolute Gasteiger partial charge is 0.225 e. The Kier molecular flexibility index (Phi) is 5.39. The van der Waals surface area contributed by atoms with E-state index in [1.807, 2.05) is 6.92 Å². The molecule has 0 radical (unpaired) electrons. The summed E-state index contributed by atoms with van der Waals surface area (Å²) >= 11 is 0. The fraction of sp³-hybridized carbons (Fsp3) is 0.714. The molecule has 1 fully saturated rings. The van der Waals surface area contributed by atoms with Crippen molar-refractivity contribution in [2.24, 2.45) is 5.92 Å². The molecule has 5 heteroatoms. The summed E-state index contributed by atoms with van der Waals surface area (Å²) in [5.74, 6) is 2.17. The molecule has 1 saturated heterocycles. The average Bonchev–Trinajstić information content (AvgIpc) is 2.42. The fourth-order valence-electron chi connectivity index (χ4n) is 2.27. The van der Waals surface area contributed by atoms with E-state index < -0.39 is 0 Å². The molecule has 0 aromatic carbocycles. The SMILES string of the molecule is CCOc1ccnc(NCCN2CCC(C)CC2)n1. The molecule has 0 saturated carbocycles. The summed E-state index contributed by atoms with van der Waals surface area (Å²) in [7, 11) is 0. The van der Waals surface area contributed by atoms with E-state index in [4.69, 9.17) is 4.74 Å². The quantitative estimate of drug-likeness (QED) is 0.852. The number of anilines is 1. The van der Waals surface area contributed by atoms with Gasteiger partial charge >= 0.3 is 0 Å². The lowest BCUT2D eigenvalue weighted by molar-refractivity contribution is 0.199. The minimum atomic E-state index is 0.627. The van der Waals surface area contributed by atoms with Crippen LogP contribution in [0.1, 0.15) is 26.7 Å². The topological polar surface area (TPSA) is 50.3 Å². The van der Waals surface area contributed by atoms with E-state index in [-0.39, 0.29) is 0 Å². The Labute approximate surface area is 115 Å². The van der Waals surface area contributed by atoms with Gasteiger partial charge < -0.3 is 15.0 Å². The standard InChI is InChI=1S/C14H24N4O/c1-3-19-13-4-7-15-14(17-13)16-8-11-18-9-5-12(2)6-10-18/h4,7,12H,3,5-6,8-11H2,1-2H3,(H,15,16,17). The number of nitrogens with one attached hydrogen (secondary N) is 1. The largest absolute Gasteiger partial charge is 0.478 e. The maximum atomic E-state index is 5.35. The molecule has 0 atom stereocenters. The summed E-state index contributed by atoms with van der Waals surface area (Å²) < 4.78 is 5.35. The minimum absolute atomic E-state index is 0.627. The van der Waals surface area contributed by atoms with Crippen LogP contribution in [-0.2, 0) is 0 Å². The van der Waals surface area contributed by atoms with Crippen molar-refractivity contribution < 1.29 is 4.74 Å². The normalized spacial score (nSPS) is 17.4. The van der Waals surface area contributed by atoms with Crippen LogP contribution in [0, 0.1) is 5.92 Å². The lowest BCUT2D eigenvalue weighted by Gasteiger charge is -2.30. The number of ether oxygens (including phenoxy) is 1. The van der Waals surface area contributed by atoms with Crippen molar-refractivity contribution in [1.29, 1.82) is 0 Å². The summed E-state index contributed by atoms with van der Waals surface area (Å²) in [4.78, 5) is 11.0. The Morgan fingerprint density at radius 3 is 2.95 bits per heavy atom. The first-order valence-corrected chi connectivity index (χ1v) is 7.20. The molecular weight excluding hydrogens is 240 g/mol. The number of rotatable bonds is 6. The molecular formula is C14H24N4O. The van der Waals surface area contributed by atoms with Crippen molar-refractivity contribution >= 4 is 5.95 Å². The lowest BCUT2D eigenvalue weighted by atomic mass is 9.99. The summed E-state index contributed by atoms with van der Waals surface area (Å²) in [6.07, 6.45) is 4.36. The van der Waals surface area contributed by atoms with E-state index in [0.29, 0.717) is 18.4 Å². The second kappa shape index (κ2) is 7.28. The predicted octanol–water partition coefficient (Wildman–Crippen LogP) is 2.02. The van der Waals surface area contributed by atoms with Gasteiger partial charge in [0.25, 0.3) is 0 Å². The molecule has 5 nitrogen and oxygen atoms in total. The minimum Gasteiger partial charge on any atom is -0.478 e. The van der Waals surface area contributed by atoms with Crippen molar-refractivity contribution in [2.45, 2.75) is 26.7 Å². The maximum absolute atomic E-state index is 5.35. The molecule has 0 unspecified atom stereocenters. The molecule has 1 aliphatic heterocycles. The molecule has 1 N–H and O–H groups in total. The Hall–Kier alpha value is -1.36. The van der Waals surface area contributed by atoms with Gasteiger partial charge in [-0.2, -0.15) is 4.98 Å². The summed E-state index contributed by atoms with van der Waals surface area (Å²) in [6.45, 7) is 9.27. The fourth-order valence-corrected chi connectivity index (χ4v) is 2.27. The monoisotopic (exact) mass is 264 g/mol. The van der Waals surface area contributed by atoms with Crippen molar-refractivity contribution in [2.75, 3.05) is 38.1 Å². The highest BCUT2D eigenvalue weighted by Crippen LogP contribution is 2.15. The first kappa shape index (κ1) is 14.1. The predicted molar refractivity (Wildman–Crippen MR) is 76.5 cm³/mol. The molecule has 19 heavy (non-hydrogen) atoms. The van der Waals surface area contributed by atoms with Crippen LogP contribution in [0.4, 0.5) is 5.95 Å². The first-order valence-electron chi connectivity index (χ1n) is 7.20. The third-order valence-electron chi connectivity index (χ3n) is 3.51. The van der Waals surface area contributed by atoms with Crippen LogP contribution < -0.4 is 10.1 Å². The number of hydrogen-bond acceptors (Lipinski definition) is 5. The summed E-state index contributed by atoms with van der Waals surface area (Å²) in [5, 5.41) is 3.26. The summed E-state index contributed by atoms with van der Waals surface area (Å²) in [6, 6.07) is 1.78. The highest BCUT2D eigenvalue weighted by Gasteiger charge is 2.14. The van der Waals surface area contributed by atoms with Gasteiger partial charge in [-0.3, -0.25) is 0 Å². The van der Waals surface area contributed by atoms with Gasteiger partial charge in [0.05, 0.1) is 6.61 Å². The van der Waals surface area contributed by atoms with E-state index in [2.05, 4.69) is 27.1 Å². The molecule has 1 aromatic rings. The third-order valence-corrected chi connectivity index (χ3v) is 3.51. The Balaban J connectivity index is 1.71. The number of piperidine rings is 1. The Bertz CT molecular complexity index is 377. The van der Waals surface area contributed by atoms with Crippen LogP contribution in [0.5, 0.6) is 5.88 Å². The molecule has 0 spiro atoms. The maximum Gasteiger partial charge on any atom is 0.225 e. The molecule has 0 bridgehead atoms.